The van der Waals surface area contributed by atoms with Gasteiger partial charge in [-0.25, -0.2) is 17.5 Å². The Labute approximate surface area is 232 Å². The third-order valence-corrected chi connectivity index (χ3v) is 8.53. The molecule has 0 saturated carbocycles. The summed E-state index contributed by atoms with van der Waals surface area (Å²) in [5.41, 5.74) is 0.186. The number of carbonyl (C=O) groups excluding carboxylic acids is 3. The van der Waals surface area contributed by atoms with Crippen LogP contribution in [0.3, 0.4) is 0 Å². The highest BCUT2D eigenvalue weighted by Gasteiger charge is 2.54. The fourth-order valence-corrected chi connectivity index (χ4v) is 5.33. The van der Waals surface area contributed by atoms with Crippen molar-refractivity contribution < 1.29 is 32.3 Å². The van der Waals surface area contributed by atoms with Crippen LogP contribution in [0.4, 0.5) is 10.5 Å². The molecule has 1 fully saturated rings. The fourth-order valence-electron chi connectivity index (χ4n) is 4.40. The van der Waals surface area contributed by atoms with E-state index in [-0.39, 0.29) is 10.6 Å². The average molecular weight is 567 g/mol. The summed E-state index contributed by atoms with van der Waals surface area (Å²) in [5, 5.41) is 5.43. The molecule has 1 saturated heterocycles. The number of ether oxygens (including phenoxy) is 2. The number of urea groups is 1. The summed E-state index contributed by atoms with van der Waals surface area (Å²) in [7, 11) is 2.10. The number of carbonyl (C=O) groups is 3. The molecule has 0 radical (unpaired) electrons. The minimum atomic E-state index is -3.74. The molecule has 0 aliphatic carbocycles. The molecule has 3 aromatic rings. The second-order valence-electron chi connectivity index (χ2n) is 9.34. The van der Waals surface area contributed by atoms with E-state index in [9.17, 15) is 22.8 Å². The smallest absolute Gasteiger partial charge is 0.326 e. The molecule has 1 heterocycles. The van der Waals surface area contributed by atoms with E-state index in [0.717, 1.165) is 9.21 Å². The Morgan fingerprint density at radius 3 is 1.93 bits per heavy atom. The van der Waals surface area contributed by atoms with Crippen LogP contribution in [-0.4, -0.2) is 70.3 Å². The molecule has 0 unspecified atom stereocenters. The largest absolute Gasteiger partial charge is 0.497 e. The summed E-state index contributed by atoms with van der Waals surface area (Å²) in [6, 6.07) is 17.0. The molecule has 0 aromatic heterocycles. The van der Waals surface area contributed by atoms with Gasteiger partial charge in [0.1, 0.15) is 18.0 Å². The van der Waals surface area contributed by atoms with Gasteiger partial charge in [0, 0.05) is 19.8 Å². The van der Waals surface area contributed by atoms with E-state index in [2.05, 4.69) is 10.6 Å². The van der Waals surface area contributed by atoms with Gasteiger partial charge in [-0.1, -0.05) is 30.3 Å². The van der Waals surface area contributed by atoms with Gasteiger partial charge in [-0.3, -0.25) is 14.5 Å². The Morgan fingerprint density at radius 1 is 0.925 bits per heavy atom. The minimum Gasteiger partial charge on any atom is -0.497 e. The zero-order chi connectivity index (χ0) is 29.2. The maximum atomic E-state index is 14.0. The van der Waals surface area contributed by atoms with Crippen molar-refractivity contribution in [1.29, 1.82) is 0 Å². The van der Waals surface area contributed by atoms with E-state index < -0.39 is 40.0 Å². The summed E-state index contributed by atoms with van der Waals surface area (Å²) in [6.45, 7) is 1.11. The predicted octanol–water partition coefficient (Wildman–Crippen LogP) is 2.70. The van der Waals surface area contributed by atoms with Crippen LogP contribution >= 0.6 is 0 Å². The maximum absolute atomic E-state index is 14.0. The number of sulfonamides is 1. The van der Waals surface area contributed by atoms with E-state index in [1.54, 1.807) is 61.5 Å². The lowest BCUT2D eigenvalue weighted by Crippen LogP contribution is -2.45. The van der Waals surface area contributed by atoms with Crippen molar-refractivity contribution >= 4 is 33.6 Å². The van der Waals surface area contributed by atoms with Gasteiger partial charge in [-0.15, -0.1) is 0 Å². The SMILES string of the molecule is COc1ccc(C2(c3ccc(OC)cc3)NC(=O)N(CC(=O)Nc3cc(S(=O)(=O)N(C)C)ccc3C)C2=O)cc1. The number of rotatable bonds is 9. The molecule has 4 rings (SSSR count). The first-order chi connectivity index (χ1) is 18.9. The lowest BCUT2D eigenvalue weighted by Gasteiger charge is -2.28. The van der Waals surface area contributed by atoms with Crippen molar-refractivity contribution in [2.24, 2.45) is 0 Å². The van der Waals surface area contributed by atoms with Crippen molar-refractivity contribution in [3.63, 3.8) is 0 Å². The van der Waals surface area contributed by atoms with Crippen LogP contribution in [0.2, 0.25) is 0 Å². The highest BCUT2D eigenvalue weighted by atomic mass is 32.2. The van der Waals surface area contributed by atoms with E-state index in [4.69, 9.17) is 9.47 Å². The van der Waals surface area contributed by atoms with E-state index in [1.807, 2.05) is 0 Å². The molecule has 0 atom stereocenters. The molecule has 11 nitrogen and oxygen atoms in total. The number of hydrogen-bond donors (Lipinski definition) is 2. The van der Waals surface area contributed by atoms with Crippen molar-refractivity contribution in [3.8, 4) is 11.5 Å². The fraction of sp³-hybridized carbons (Fsp3) is 0.250. The number of imide groups is 1. The van der Waals surface area contributed by atoms with Crippen molar-refractivity contribution in [2.45, 2.75) is 17.4 Å². The lowest BCUT2D eigenvalue weighted by molar-refractivity contribution is -0.133. The number of hydrogen-bond acceptors (Lipinski definition) is 7. The van der Waals surface area contributed by atoms with Crippen LogP contribution in [-0.2, 0) is 25.2 Å². The highest BCUT2D eigenvalue weighted by Crippen LogP contribution is 2.37. The molecular formula is C28H30N4O7S. The van der Waals surface area contributed by atoms with E-state index in [0.29, 0.717) is 28.2 Å². The van der Waals surface area contributed by atoms with Crippen LogP contribution in [0, 0.1) is 6.92 Å². The first-order valence-electron chi connectivity index (χ1n) is 12.2. The Bertz CT molecular complexity index is 1500. The van der Waals surface area contributed by atoms with Crippen molar-refractivity contribution in [3.05, 3.63) is 83.4 Å². The molecule has 1 aliphatic rings. The van der Waals surface area contributed by atoms with Gasteiger partial charge < -0.3 is 20.1 Å². The number of aryl methyl sites for hydroxylation is 1. The van der Waals surface area contributed by atoms with Gasteiger partial charge in [0.2, 0.25) is 15.9 Å². The average Bonchev–Trinajstić information content (AvgIpc) is 3.19. The number of amides is 4. The summed E-state index contributed by atoms with van der Waals surface area (Å²) >= 11 is 0. The molecule has 40 heavy (non-hydrogen) atoms. The highest BCUT2D eigenvalue weighted by molar-refractivity contribution is 7.89. The number of nitrogens with zero attached hydrogens (tertiary/aromatic N) is 2. The van der Waals surface area contributed by atoms with Gasteiger partial charge in [0.15, 0.2) is 5.54 Å². The molecule has 0 bridgehead atoms. The molecule has 4 amide bonds. The minimum absolute atomic E-state index is 0.00794. The Kier molecular flexibility index (Phi) is 7.85. The van der Waals surface area contributed by atoms with Gasteiger partial charge in [-0.2, -0.15) is 0 Å². The van der Waals surface area contributed by atoms with Crippen LogP contribution < -0.4 is 20.1 Å². The maximum Gasteiger partial charge on any atom is 0.326 e. The number of anilines is 1. The number of methoxy groups -OCH3 is 2. The molecule has 0 spiro atoms. The monoisotopic (exact) mass is 566 g/mol. The molecule has 1 aliphatic heterocycles. The zero-order valence-corrected chi connectivity index (χ0v) is 23.5. The number of nitrogens with one attached hydrogen (secondary N) is 2. The van der Waals surface area contributed by atoms with Crippen molar-refractivity contribution in [1.82, 2.24) is 14.5 Å². The van der Waals surface area contributed by atoms with Gasteiger partial charge >= 0.3 is 6.03 Å². The standard InChI is InChI=1S/C28H30N4O7S/c1-18-6-15-23(40(36,37)31(2)3)16-24(18)29-25(33)17-32-26(34)28(30-27(32)35,19-7-11-21(38-4)12-8-19)20-9-13-22(39-5)14-10-20/h6-16H,17H2,1-5H3,(H,29,33)(H,30,35). The summed E-state index contributed by atoms with van der Waals surface area (Å²) in [5.74, 6) is -0.194. The molecular weight excluding hydrogens is 536 g/mol. The molecule has 210 valence electrons. The van der Waals surface area contributed by atoms with Gasteiger partial charge in [0.25, 0.3) is 5.91 Å². The summed E-state index contributed by atoms with van der Waals surface area (Å²) in [4.78, 5) is 41.1. The molecule has 3 aromatic carbocycles. The quantitative estimate of drug-likeness (QED) is 0.381. The Balaban J connectivity index is 1.66. The van der Waals surface area contributed by atoms with E-state index >= 15 is 0 Å². The molecule has 12 heteroatoms. The lowest BCUT2D eigenvalue weighted by atomic mass is 9.82. The third kappa shape index (κ3) is 5.10. The van der Waals surface area contributed by atoms with Gasteiger partial charge in [-0.05, 0) is 60.0 Å². The second kappa shape index (κ2) is 11.0. The zero-order valence-electron chi connectivity index (χ0n) is 22.7. The normalized spacial score (nSPS) is 14.7. The topological polar surface area (TPSA) is 134 Å². The van der Waals surface area contributed by atoms with Crippen LogP contribution in [0.1, 0.15) is 16.7 Å². The Hall–Kier alpha value is -4.42. The first-order valence-corrected chi connectivity index (χ1v) is 13.6. The van der Waals surface area contributed by atoms with E-state index in [1.165, 1.54) is 40.4 Å². The summed E-state index contributed by atoms with van der Waals surface area (Å²) < 4.78 is 36.7. The first kappa shape index (κ1) is 28.6. The second-order valence-corrected chi connectivity index (χ2v) is 11.5. The number of benzene rings is 3. The Morgan fingerprint density at radius 2 is 1.45 bits per heavy atom. The predicted molar refractivity (Wildman–Crippen MR) is 148 cm³/mol. The molecule has 2 N–H and O–H groups in total. The van der Waals surface area contributed by atoms with Crippen LogP contribution in [0.5, 0.6) is 11.5 Å². The third-order valence-electron chi connectivity index (χ3n) is 6.72. The van der Waals surface area contributed by atoms with Crippen molar-refractivity contribution in [2.75, 3.05) is 40.2 Å². The summed E-state index contributed by atoms with van der Waals surface area (Å²) in [6.07, 6.45) is 0. The van der Waals surface area contributed by atoms with Crippen LogP contribution in [0.25, 0.3) is 0 Å². The van der Waals surface area contributed by atoms with Gasteiger partial charge in [0.05, 0.1) is 19.1 Å². The van der Waals surface area contributed by atoms with Crippen LogP contribution in [0.15, 0.2) is 71.6 Å².